The number of benzene rings is 2. The fourth-order valence-corrected chi connectivity index (χ4v) is 5.09. The summed E-state index contributed by atoms with van der Waals surface area (Å²) in [6, 6.07) is 16.2. The van der Waals surface area contributed by atoms with Crippen molar-refractivity contribution in [3.05, 3.63) is 65.7 Å². The van der Waals surface area contributed by atoms with Crippen LogP contribution in [0, 0.1) is 0 Å². The molecule has 140 valence electrons. The van der Waals surface area contributed by atoms with E-state index >= 15 is 0 Å². The van der Waals surface area contributed by atoms with Crippen molar-refractivity contribution in [3.8, 4) is 0 Å². The summed E-state index contributed by atoms with van der Waals surface area (Å²) in [4.78, 5) is 39.6. The first-order valence-electron chi connectivity index (χ1n) is 9.34. The molecule has 0 saturated heterocycles. The molecule has 2 amide bonds. The van der Waals surface area contributed by atoms with Crippen molar-refractivity contribution < 1.29 is 14.4 Å². The molecule has 2 aromatic rings. The Kier molecular flexibility index (Phi) is 6.59. The van der Waals surface area contributed by atoms with E-state index in [-0.39, 0.29) is 43.9 Å². The number of nitrogens with zero attached hydrogens (tertiary/aromatic N) is 1. The molecule has 1 heterocycles. The normalized spacial score (nSPS) is 14.3. The van der Waals surface area contributed by atoms with Crippen LogP contribution in [0.4, 0.5) is 0 Å². The number of fused-ring (bicyclic) bond motifs is 1. The molecule has 3 rings (SSSR count). The number of imide groups is 1. The molecule has 1 atom stereocenters. The van der Waals surface area contributed by atoms with Crippen molar-refractivity contribution in [2.24, 2.45) is 0 Å². The van der Waals surface area contributed by atoms with Crippen molar-refractivity contribution >= 4 is 35.9 Å². The summed E-state index contributed by atoms with van der Waals surface area (Å²) in [6.45, 7) is 2.11. The predicted octanol–water partition coefficient (Wildman–Crippen LogP) is 3.18. The molecule has 0 spiro atoms. The molecule has 2 aromatic carbocycles. The molecule has 4 nitrogen and oxygen atoms in total. The fourth-order valence-electron chi connectivity index (χ4n) is 3.35. The van der Waals surface area contributed by atoms with Crippen LogP contribution in [0.1, 0.15) is 59.7 Å². The zero-order chi connectivity index (χ0) is 19.2. The molecule has 27 heavy (non-hydrogen) atoms. The van der Waals surface area contributed by atoms with Crippen molar-refractivity contribution in [1.29, 1.82) is 0 Å². The van der Waals surface area contributed by atoms with Gasteiger partial charge in [0.25, 0.3) is 0 Å². The van der Waals surface area contributed by atoms with E-state index in [1.165, 1.54) is 4.90 Å². The van der Waals surface area contributed by atoms with Gasteiger partial charge in [-0.05, 0) is 0 Å². The maximum absolute atomic E-state index is 12.8. The summed E-state index contributed by atoms with van der Waals surface area (Å²) in [7, 11) is 0. The zero-order valence-electron chi connectivity index (χ0n) is 15.4. The van der Waals surface area contributed by atoms with Gasteiger partial charge in [0.05, 0.1) is 0 Å². The molecule has 0 aromatic heterocycles. The van der Waals surface area contributed by atoms with Gasteiger partial charge in [0.1, 0.15) is 0 Å². The summed E-state index contributed by atoms with van der Waals surface area (Å²) >= 11 is -0.303. The van der Waals surface area contributed by atoms with Gasteiger partial charge < -0.3 is 0 Å². The van der Waals surface area contributed by atoms with Gasteiger partial charge in [0.2, 0.25) is 0 Å². The van der Waals surface area contributed by atoms with E-state index < -0.39 is 0 Å². The standard InChI is InChI=1S/C22H23NO3Se/c1-2-3-5-10-16(15-20(24)27-17-11-6-4-7-12-17)23-21(25)18-13-8-9-14-19(18)22(23)26/h4,6-9,11-14,16H,2-3,5,10,15H2,1H3/t16-/m0/s1. The molecular weight excluding hydrogens is 405 g/mol. The van der Waals surface area contributed by atoms with E-state index in [9.17, 15) is 14.4 Å². The Bertz CT molecular complexity index is 799. The van der Waals surface area contributed by atoms with Crippen LogP contribution in [-0.2, 0) is 4.79 Å². The average molecular weight is 428 g/mol. The van der Waals surface area contributed by atoms with Gasteiger partial charge in [-0.15, -0.1) is 0 Å². The van der Waals surface area contributed by atoms with Gasteiger partial charge in [-0.1, -0.05) is 0 Å². The molecule has 5 heteroatoms. The Morgan fingerprint density at radius 1 is 0.926 bits per heavy atom. The Labute approximate surface area is 166 Å². The summed E-state index contributed by atoms with van der Waals surface area (Å²) in [5, 5.41) is 0. The Morgan fingerprint density at radius 3 is 2.11 bits per heavy atom. The van der Waals surface area contributed by atoms with Crippen molar-refractivity contribution in [2.75, 3.05) is 0 Å². The van der Waals surface area contributed by atoms with Crippen LogP contribution < -0.4 is 4.46 Å². The number of rotatable bonds is 9. The first-order valence-corrected chi connectivity index (χ1v) is 11.1. The first-order chi connectivity index (χ1) is 13.1. The van der Waals surface area contributed by atoms with Gasteiger partial charge >= 0.3 is 166 Å². The van der Waals surface area contributed by atoms with Gasteiger partial charge in [-0.2, -0.15) is 0 Å². The Hall–Kier alpha value is -2.23. The van der Waals surface area contributed by atoms with E-state index in [4.69, 9.17) is 0 Å². The van der Waals surface area contributed by atoms with Crippen molar-refractivity contribution in [2.45, 2.75) is 45.1 Å². The molecule has 0 unspecified atom stereocenters. The van der Waals surface area contributed by atoms with Crippen molar-refractivity contribution in [3.63, 3.8) is 0 Å². The SMILES string of the molecule is CCCCC[C@@H](CC(=O)[Se]c1ccccc1)N1C(=O)c2ccccc2C1=O. The quantitative estimate of drug-likeness (QED) is 0.350. The number of amides is 2. The second-order valence-corrected chi connectivity index (χ2v) is 9.04. The molecule has 1 aliphatic heterocycles. The zero-order valence-corrected chi connectivity index (χ0v) is 17.1. The number of unbranched alkanes of at least 4 members (excludes halogenated alkanes) is 2. The molecule has 0 aliphatic carbocycles. The van der Waals surface area contributed by atoms with Crippen LogP contribution >= 0.6 is 0 Å². The second-order valence-electron chi connectivity index (χ2n) is 6.67. The van der Waals surface area contributed by atoms with Gasteiger partial charge in [0.15, 0.2) is 0 Å². The predicted molar refractivity (Wildman–Crippen MR) is 106 cm³/mol. The summed E-state index contributed by atoms with van der Waals surface area (Å²) in [5.41, 5.74) is 0.896. The summed E-state index contributed by atoms with van der Waals surface area (Å²) in [6.07, 6.45) is 3.90. The van der Waals surface area contributed by atoms with Crippen LogP contribution in [0.15, 0.2) is 54.6 Å². The van der Waals surface area contributed by atoms with E-state index in [1.807, 2.05) is 30.3 Å². The number of carbonyl (C=O) groups is 3. The number of hydrogen-bond acceptors (Lipinski definition) is 3. The van der Waals surface area contributed by atoms with Crippen molar-refractivity contribution in [1.82, 2.24) is 4.90 Å². The first kappa shape index (κ1) is 19.5. The van der Waals surface area contributed by atoms with Crippen LogP contribution in [0.5, 0.6) is 0 Å². The summed E-state index contributed by atoms with van der Waals surface area (Å²) < 4.78 is 1.14. The number of hydrogen-bond donors (Lipinski definition) is 0. The third-order valence-corrected chi connectivity index (χ3v) is 6.60. The third kappa shape index (κ3) is 4.55. The molecule has 0 radical (unpaired) electrons. The van der Waals surface area contributed by atoms with Crippen LogP contribution in [-0.4, -0.2) is 42.4 Å². The second kappa shape index (κ2) is 9.11. The minimum atomic E-state index is -0.359. The number of carbonyl (C=O) groups excluding carboxylic acids is 3. The van der Waals surface area contributed by atoms with Gasteiger partial charge in [-0.3, -0.25) is 0 Å². The van der Waals surface area contributed by atoms with Crippen LogP contribution in [0.25, 0.3) is 0 Å². The fraction of sp³-hybridized carbons (Fsp3) is 0.318. The van der Waals surface area contributed by atoms with Crippen LogP contribution in [0.2, 0.25) is 0 Å². The molecule has 0 N–H and O–H groups in total. The third-order valence-electron chi connectivity index (χ3n) is 4.71. The van der Waals surface area contributed by atoms with Crippen LogP contribution in [0.3, 0.4) is 0 Å². The molecule has 0 fully saturated rings. The monoisotopic (exact) mass is 429 g/mol. The minimum absolute atomic E-state index is 0.117. The Morgan fingerprint density at radius 2 is 1.52 bits per heavy atom. The van der Waals surface area contributed by atoms with Gasteiger partial charge in [-0.25, -0.2) is 0 Å². The Balaban J connectivity index is 1.76. The average Bonchev–Trinajstić information content (AvgIpc) is 2.93. The van der Waals surface area contributed by atoms with Gasteiger partial charge in [0, 0.05) is 0 Å². The summed E-state index contributed by atoms with van der Waals surface area (Å²) in [5.74, 6) is -0.533. The van der Waals surface area contributed by atoms with E-state index in [1.54, 1.807) is 24.3 Å². The topological polar surface area (TPSA) is 54.5 Å². The van der Waals surface area contributed by atoms with E-state index in [2.05, 4.69) is 6.92 Å². The molecule has 0 saturated carbocycles. The molecular formula is C22H23NO3Se. The van der Waals surface area contributed by atoms with E-state index in [0.717, 1.165) is 23.7 Å². The molecule has 0 bridgehead atoms. The van der Waals surface area contributed by atoms with E-state index in [0.29, 0.717) is 17.5 Å². The maximum atomic E-state index is 12.8. The molecule has 1 aliphatic rings.